The summed E-state index contributed by atoms with van der Waals surface area (Å²) in [5.41, 5.74) is 13.8. The number of pyridine rings is 1. The summed E-state index contributed by atoms with van der Waals surface area (Å²) >= 11 is 0. The van der Waals surface area contributed by atoms with Crippen LogP contribution in [0.25, 0.3) is 66.5 Å². The first-order chi connectivity index (χ1) is 30.4. The van der Waals surface area contributed by atoms with Crippen molar-refractivity contribution in [2.75, 3.05) is 0 Å². The Balaban J connectivity index is 1.08. The number of rotatable bonds is 6. The average Bonchev–Trinajstić information content (AvgIpc) is 3.88. The molecule has 0 atom stereocenters. The Morgan fingerprint density at radius 1 is 0.484 bits per heavy atom. The van der Waals surface area contributed by atoms with Crippen LogP contribution in [-0.4, -0.2) is 18.7 Å². The summed E-state index contributed by atoms with van der Waals surface area (Å²) < 4.78 is 15.8. The minimum atomic E-state index is -0.0431. The SMILES string of the molecule is Cc1c(C)[n+](-c2cc(C(C)(C)C)cc(C(C)(C)C)c2)[c-]n1-c1cccc(Oc2ccc3c4cc(-n5c6ccccc6c6ccccc65)ccc4n(-c4cc(C(C)(C)C)ccn4)c3c2)c1. The predicted octanol–water partition coefficient (Wildman–Crippen LogP) is 14.4. The fourth-order valence-electron chi connectivity index (χ4n) is 9.15. The predicted molar refractivity (Wildman–Crippen MR) is 265 cm³/mol. The summed E-state index contributed by atoms with van der Waals surface area (Å²) in [6, 6.07) is 50.3. The van der Waals surface area contributed by atoms with Gasteiger partial charge in [0.25, 0.3) is 6.33 Å². The van der Waals surface area contributed by atoms with E-state index in [-0.39, 0.29) is 16.2 Å². The van der Waals surface area contributed by atoms with Crippen LogP contribution in [0.2, 0.25) is 0 Å². The molecule has 0 spiro atoms. The van der Waals surface area contributed by atoms with Crippen LogP contribution in [0, 0.1) is 20.2 Å². The Hall–Kier alpha value is -6.92. The molecule has 320 valence electrons. The molecule has 10 rings (SSSR count). The van der Waals surface area contributed by atoms with Crippen molar-refractivity contribution in [3.63, 3.8) is 0 Å². The highest BCUT2D eigenvalue weighted by molar-refractivity contribution is 6.12. The topological polar surface area (TPSA) is 40.8 Å². The first-order valence-electron chi connectivity index (χ1n) is 22.5. The van der Waals surface area contributed by atoms with Crippen LogP contribution in [-0.2, 0) is 16.2 Å². The first-order valence-corrected chi connectivity index (χ1v) is 22.5. The molecule has 6 aromatic carbocycles. The van der Waals surface area contributed by atoms with E-state index in [2.05, 4.69) is 234 Å². The number of para-hydroxylation sites is 2. The lowest BCUT2D eigenvalue weighted by molar-refractivity contribution is -0.606. The zero-order valence-corrected chi connectivity index (χ0v) is 39.0. The molecular formula is C58H57N5O. The van der Waals surface area contributed by atoms with Gasteiger partial charge < -0.3 is 9.30 Å². The molecule has 0 aliphatic carbocycles. The number of imidazole rings is 1. The van der Waals surface area contributed by atoms with Crippen LogP contribution in [0.4, 0.5) is 0 Å². The van der Waals surface area contributed by atoms with Gasteiger partial charge in [-0.2, -0.15) is 0 Å². The van der Waals surface area contributed by atoms with Gasteiger partial charge in [-0.05, 0) is 132 Å². The average molecular weight is 840 g/mol. The highest BCUT2D eigenvalue weighted by Crippen LogP contribution is 2.39. The van der Waals surface area contributed by atoms with Crippen LogP contribution >= 0.6 is 0 Å². The van der Waals surface area contributed by atoms with Gasteiger partial charge in [0, 0.05) is 39.5 Å². The summed E-state index contributed by atoms with van der Waals surface area (Å²) in [4.78, 5) is 4.99. The number of fused-ring (bicyclic) bond motifs is 6. The normalized spacial score (nSPS) is 12.6. The molecule has 0 N–H and O–H groups in total. The zero-order chi connectivity index (χ0) is 44.9. The van der Waals surface area contributed by atoms with Crippen molar-refractivity contribution >= 4 is 43.6 Å². The number of aromatic nitrogens is 5. The van der Waals surface area contributed by atoms with E-state index in [0.717, 1.165) is 67.6 Å². The Kier molecular flexibility index (Phi) is 9.53. The van der Waals surface area contributed by atoms with E-state index in [4.69, 9.17) is 9.72 Å². The van der Waals surface area contributed by atoms with E-state index in [0.29, 0.717) is 0 Å². The van der Waals surface area contributed by atoms with Gasteiger partial charge in [0.2, 0.25) is 0 Å². The molecule has 4 aromatic heterocycles. The minimum absolute atomic E-state index is 0.00844. The van der Waals surface area contributed by atoms with E-state index in [1.54, 1.807) is 0 Å². The van der Waals surface area contributed by atoms with Crippen LogP contribution in [0.5, 0.6) is 11.5 Å². The third-order valence-electron chi connectivity index (χ3n) is 13.0. The van der Waals surface area contributed by atoms with E-state index in [1.165, 1.54) is 38.5 Å². The Morgan fingerprint density at radius 3 is 1.75 bits per heavy atom. The maximum absolute atomic E-state index is 6.79. The van der Waals surface area contributed by atoms with Crippen LogP contribution in [0.1, 0.15) is 90.4 Å². The summed E-state index contributed by atoms with van der Waals surface area (Å²) in [6.45, 7) is 24.8. The largest absolute Gasteiger partial charge is 0.458 e. The molecule has 64 heavy (non-hydrogen) atoms. The van der Waals surface area contributed by atoms with Gasteiger partial charge in [-0.3, -0.25) is 13.7 Å². The second-order valence-electron chi connectivity index (χ2n) is 20.5. The Morgan fingerprint density at radius 2 is 1.09 bits per heavy atom. The molecule has 0 saturated heterocycles. The Labute approximate surface area is 377 Å². The lowest BCUT2D eigenvalue weighted by atomic mass is 9.80. The lowest BCUT2D eigenvalue weighted by Crippen LogP contribution is -2.33. The number of benzene rings is 6. The maximum atomic E-state index is 6.79. The van der Waals surface area contributed by atoms with Gasteiger partial charge in [0.05, 0.1) is 44.8 Å². The molecule has 0 aliphatic rings. The van der Waals surface area contributed by atoms with Gasteiger partial charge in [-0.15, -0.1) is 0 Å². The lowest BCUT2D eigenvalue weighted by Gasteiger charge is -2.26. The molecule has 0 fully saturated rings. The van der Waals surface area contributed by atoms with Crippen LogP contribution in [0.15, 0.2) is 146 Å². The van der Waals surface area contributed by atoms with Gasteiger partial charge in [-0.1, -0.05) is 111 Å². The van der Waals surface area contributed by atoms with Crippen molar-refractivity contribution in [1.29, 1.82) is 0 Å². The van der Waals surface area contributed by atoms with Crippen molar-refractivity contribution < 1.29 is 9.30 Å². The quantitative estimate of drug-likeness (QED) is 0.124. The zero-order valence-electron chi connectivity index (χ0n) is 39.0. The minimum Gasteiger partial charge on any atom is -0.458 e. The molecule has 10 aromatic rings. The highest BCUT2D eigenvalue weighted by atomic mass is 16.5. The fraction of sp³-hybridized carbons (Fsp3) is 0.241. The molecule has 0 unspecified atom stereocenters. The number of ether oxygens (including phenoxy) is 1. The van der Waals surface area contributed by atoms with Crippen molar-refractivity contribution in [2.45, 2.75) is 92.4 Å². The molecule has 6 heteroatoms. The number of nitrogens with zero attached hydrogens (tertiary/aromatic N) is 5. The van der Waals surface area contributed by atoms with Gasteiger partial charge in [0.1, 0.15) is 17.3 Å². The molecule has 0 amide bonds. The van der Waals surface area contributed by atoms with Crippen molar-refractivity contribution in [3.8, 4) is 34.4 Å². The van der Waals surface area contributed by atoms with E-state index >= 15 is 0 Å². The van der Waals surface area contributed by atoms with Crippen molar-refractivity contribution in [1.82, 2.24) is 18.7 Å². The van der Waals surface area contributed by atoms with Crippen molar-refractivity contribution in [2.24, 2.45) is 0 Å². The molecule has 0 radical (unpaired) electrons. The van der Waals surface area contributed by atoms with Crippen LogP contribution < -0.4 is 9.30 Å². The number of hydrogen-bond acceptors (Lipinski definition) is 2. The number of hydrogen-bond donors (Lipinski definition) is 0. The monoisotopic (exact) mass is 839 g/mol. The van der Waals surface area contributed by atoms with Crippen molar-refractivity contribution in [3.05, 3.63) is 180 Å². The molecule has 0 saturated carbocycles. The van der Waals surface area contributed by atoms with E-state index < -0.39 is 0 Å². The second-order valence-corrected chi connectivity index (χ2v) is 20.5. The van der Waals surface area contributed by atoms with E-state index in [1.807, 2.05) is 12.3 Å². The first kappa shape index (κ1) is 41.1. The fourth-order valence-corrected chi connectivity index (χ4v) is 9.15. The summed E-state index contributed by atoms with van der Waals surface area (Å²) in [5, 5.41) is 4.77. The summed E-state index contributed by atoms with van der Waals surface area (Å²) in [7, 11) is 0. The highest BCUT2D eigenvalue weighted by Gasteiger charge is 2.24. The Bertz CT molecular complexity index is 3360. The molecule has 6 nitrogen and oxygen atoms in total. The third kappa shape index (κ3) is 7.06. The van der Waals surface area contributed by atoms with Gasteiger partial charge in [-0.25, -0.2) is 4.98 Å². The third-order valence-corrected chi connectivity index (χ3v) is 13.0. The molecule has 4 heterocycles. The summed E-state index contributed by atoms with van der Waals surface area (Å²) in [6.07, 6.45) is 5.64. The van der Waals surface area contributed by atoms with Gasteiger partial charge in [0.15, 0.2) is 0 Å². The standard InChI is InChI=1S/C58H57N5O/c1-37-38(2)61(44-30-40(57(6,7)8)29-41(31-44)58(9,10)11)36-60(37)42-17-16-18-45(33-42)64-46-24-25-49-50-34-43(62-51-21-14-12-19-47(51)48-20-13-15-22-52(48)62)23-26-53(50)63(54(49)35-46)55-32-39(27-28-59-55)56(3,4)5/h12-35H,1-11H3. The molecule has 0 bridgehead atoms. The molecule has 0 aliphatic heterocycles. The molecular weight excluding hydrogens is 783 g/mol. The van der Waals surface area contributed by atoms with Gasteiger partial charge >= 0.3 is 0 Å². The van der Waals surface area contributed by atoms with E-state index in [9.17, 15) is 0 Å². The smallest absolute Gasteiger partial charge is 0.269 e. The maximum Gasteiger partial charge on any atom is 0.269 e. The summed E-state index contributed by atoms with van der Waals surface area (Å²) in [5.74, 6) is 2.37. The van der Waals surface area contributed by atoms with Crippen LogP contribution in [0.3, 0.4) is 0 Å². The second kappa shape index (κ2) is 14.8.